The molecule has 1 aromatic carbocycles. The summed E-state index contributed by atoms with van der Waals surface area (Å²) in [6.07, 6.45) is 0. The molecule has 3 rings (SSSR count). The van der Waals surface area contributed by atoms with Gasteiger partial charge in [-0.3, -0.25) is 0 Å². The van der Waals surface area contributed by atoms with E-state index >= 15 is 0 Å². The highest BCUT2D eigenvalue weighted by atomic mass is 32.1. The van der Waals surface area contributed by atoms with Crippen LogP contribution in [0.25, 0.3) is 5.69 Å². The fourth-order valence-corrected chi connectivity index (χ4v) is 3.36. The third kappa shape index (κ3) is 3.56. The molecule has 0 aliphatic carbocycles. The van der Waals surface area contributed by atoms with Gasteiger partial charge in [0.1, 0.15) is 17.2 Å². The first-order valence-electron chi connectivity index (χ1n) is 7.93. The lowest BCUT2D eigenvalue weighted by atomic mass is 10.2. The average Bonchev–Trinajstić information content (AvgIpc) is 3.14. The maximum Gasteiger partial charge on any atom is 0.343 e. The topological polar surface area (TPSA) is 69.0 Å². The number of aryl methyl sites for hydroxylation is 3. The Morgan fingerprint density at radius 3 is 2.56 bits per heavy atom. The van der Waals surface area contributed by atoms with Crippen molar-refractivity contribution in [2.45, 2.75) is 27.4 Å². The fourth-order valence-electron chi connectivity index (χ4n) is 2.63. The van der Waals surface area contributed by atoms with Crippen molar-refractivity contribution >= 4 is 22.5 Å². The van der Waals surface area contributed by atoms with Crippen LogP contribution in [0.3, 0.4) is 0 Å². The highest BCUT2D eigenvalue weighted by Crippen LogP contribution is 2.25. The van der Waals surface area contributed by atoms with Gasteiger partial charge in [0.25, 0.3) is 0 Å². The van der Waals surface area contributed by atoms with Crippen LogP contribution < -0.4 is 5.32 Å². The Hall–Kier alpha value is -2.67. The molecule has 2 heterocycles. The molecule has 25 heavy (non-hydrogen) atoms. The number of benzene rings is 1. The predicted molar refractivity (Wildman–Crippen MR) is 98.6 cm³/mol. The largest absolute Gasteiger partial charge is 0.457 e. The van der Waals surface area contributed by atoms with Crippen LogP contribution >= 0.6 is 11.5 Å². The first-order chi connectivity index (χ1) is 12.0. The fraction of sp³-hybridized carbons (Fsp3) is 0.278. The number of hydrogen-bond donors (Lipinski definition) is 1. The smallest absolute Gasteiger partial charge is 0.343 e. The summed E-state index contributed by atoms with van der Waals surface area (Å²) in [5.41, 5.74) is 5.15. The highest BCUT2D eigenvalue weighted by molar-refractivity contribution is 7.10. The van der Waals surface area contributed by atoms with Gasteiger partial charge in [-0.1, -0.05) is 12.1 Å². The van der Waals surface area contributed by atoms with Gasteiger partial charge in [0.2, 0.25) is 0 Å². The number of esters is 1. The van der Waals surface area contributed by atoms with Gasteiger partial charge in [0.15, 0.2) is 0 Å². The second-order valence-corrected chi connectivity index (χ2v) is 6.58. The molecule has 0 aliphatic rings. The van der Waals surface area contributed by atoms with E-state index < -0.39 is 0 Å². The van der Waals surface area contributed by atoms with Crippen LogP contribution in [0, 0.1) is 20.8 Å². The lowest BCUT2D eigenvalue weighted by molar-refractivity contribution is 0.0473. The highest BCUT2D eigenvalue weighted by Gasteiger charge is 2.19. The lowest BCUT2D eigenvalue weighted by Gasteiger charge is -2.08. The Kier molecular flexibility index (Phi) is 4.85. The molecule has 0 spiro atoms. The summed E-state index contributed by atoms with van der Waals surface area (Å²) >= 11 is 1.26. The van der Waals surface area contributed by atoms with Crippen molar-refractivity contribution in [3.63, 3.8) is 0 Å². The monoisotopic (exact) mass is 356 g/mol. The summed E-state index contributed by atoms with van der Waals surface area (Å²) in [6, 6.07) is 9.86. The number of rotatable bonds is 5. The summed E-state index contributed by atoms with van der Waals surface area (Å²) in [5, 5.41) is 8.16. The molecule has 6 nitrogen and oxygen atoms in total. The normalized spacial score (nSPS) is 10.7. The van der Waals surface area contributed by atoms with Gasteiger partial charge in [-0.25, -0.2) is 9.48 Å². The van der Waals surface area contributed by atoms with Crippen LogP contribution in [0.5, 0.6) is 0 Å². The molecule has 3 aromatic rings. The summed E-state index contributed by atoms with van der Waals surface area (Å²) in [7, 11) is 1.77. The van der Waals surface area contributed by atoms with E-state index in [-0.39, 0.29) is 12.6 Å². The van der Waals surface area contributed by atoms with Crippen molar-refractivity contribution in [2.24, 2.45) is 0 Å². The molecule has 2 aromatic heterocycles. The standard InChI is InChI=1S/C18H20N4O2S/c1-11-9-12(2)22(20-11)15-7-5-14(6-8-15)10-24-18(23)16-13(3)21-25-17(16)19-4/h5-9,19H,10H2,1-4H3. The van der Waals surface area contributed by atoms with Crippen molar-refractivity contribution in [2.75, 3.05) is 12.4 Å². The second-order valence-electron chi connectivity index (χ2n) is 5.80. The SMILES string of the molecule is CNc1snc(C)c1C(=O)OCc1ccc(-n2nc(C)cc2C)cc1. The summed E-state index contributed by atoms with van der Waals surface area (Å²) in [5.74, 6) is -0.363. The molecule has 0 fully saturated rings. The molecule has 0 saturated carbocycles. The van der Waals surface area contributed by atoms with Crippen LogP contribution in [-0.4, -0.2) is 27.2 Å². The first-order valence-corrected chi connectivity index (χ1v) is 8.70. The Balaban J connectivity index is 1.69. The van der Waals surface area contributed by atoms with E-state index in [0.29, 0.717) is 11.3 Å². The van der Waals surface area contributed by atoms with Crippen molar-refractivity contribution in [3.05, 3.63) is 58.5 Å². The zero-order valence-corrected chi connectivity index (χ0v) is 15.5. The number of carbonyl (C=O) groups is 1. The maximum absolute atomic E-state index is 12.3. The van der Waals surface area contributed by atoms with Crippen molar-refractivity contribution in [3.8, 4) is 5.69 Å². The quantitative estimate of drug-likeness (QED) is 0.707. The van der Waals surface area contributed by atoms with Gasteiger partial charge in [0.05, 0.1) is 17.1 Å². The van der Waals surface area contributed by atoms with Crippen molar-refractivity contribution in [1.82, 2.24) is 14.2 Å². The van der Waals surface area contributed by atoms with Gasteiger partial charge in [-0.2, -0.15) is 9.47 Å². The molecular weight excluding hydrogens is 336 g/mol. The molecular formula is C18H20N4O2S. The number of hydrogen-bond acceptors (Lipinski definition) is 6. The molecule has 1 N–H and O–H groups in total. The summed E-state index contributed by atoms with van der Waals surface area (Å²) < 4.78 is 11.5. The number of ether oxygens (including phenoxy) is 1. The van der Waals surface area contributed by atoms with Gasteiger partial charge < -0.3 is 10.1 Å². The van der Waals surface area contributed by atoms with Crippen LogP contribution in [0.15, 0.2) is 30.3 Å². The molecule has 7 heteroatoms. The number of anilines is 1. The Labute approximate surface area is 150 Å². The Morgan fingerprint density at radius 2 is 1.96 bits per heavy atom. The average molecular weight is 356 g/mol. The molecule has 0 aliphatic heterocycles. The third-order valence-electron chi connectivity index (χ3n) is 3.85. The number of carbonyl (C=O) groups excluding carboxylic acids is 1. The van der Waals surface area contributed by atoms with Gasteiger partial charge >= 0.3 is 5.97 Å². The van der Waals surface area contributed by atoms with Gasteiger partial charge in [0, 0.05) is 12.7 Å². The zero-order valence-electron chi connectivity index (χ0n) is 14.7. The number of aromatic nitrogens is 3. The molecule has 0 atom stereocenters. The van der Waals surface area contributed by atoms with E-state index in [1.165, 1.54) is 11.5 Å². The van der Waals surface area contributed by atoms with E-state index in [0.717, 1.165) is 27.6 Å². The lowest BCUT2D eigenvalue weighted by Crippen LogP contribution is -2.08. The van der Waals surface area contributed by atoms with Gasteiger partial charge in [-0.05, 0) is 56.1 Å². The number of nitrogens with zero attached hydrogens (tertiary/aromatic N) is 3. The number of nitrogens with one attached hydrogen (secondary N) is 1. The Morgan fingerprint density at radius 1 is 1.24 bits per heavy atom. The minimum Gasteiger partial charge on any atom is -0.457 e. The zero-order chi connectivity index (χ0) is 18.0. The van der Waals surface area contributed by atoms with Crippen molar-refractivity contribution in [1.29, 1.82) is 0 Å². The minimum absolute atomic E-state index is 0.217. The van der Waals surface area contributed by atoms with Crippen LogP contribution in [0.2, 0.25) is 0 Å². The van der Waals surface area contributed by atoms with E-state index in [2.05, 4.69) is 14.8 Å². The van der Waals surface area contributed by atoms with Crippen molar-refractivity contribution < 1.29 is 9.53 Å². The molecule has 0 amide bonds. The molecule has 0 radical (unpaired) electrons. The van der Waals surface area contributed by atoms with E-state index in [9.17, 15) is 4.79 Å². The van der Waals surface area contributed by atoms with Crippen LogP contribution in [-0.2, 0) is 11.3 Å². The van der Waals surface area contributed by atoms with E-state index in [4.69, 9.17) is 4.74 Å². The third-order valence-corrected chi connectivity index (χ3v) is 4.81. The second kappa shape index (κ2) is 7.06. The molecule has 0 saturated heterocycles. The minimum atomic E-state index is -0.363. The maximum atomic E-state index is 12.3. The summed E-state index contributed by atoms with van der Waals surface area (Å²) in [6.45, 7) is 6.01. The predicted octanol–water partition coefficient (Wildman–Crippen LogP) is 3.65. The van der Waals surface area contributed by atoms with E-state index in [1.807, 2.05) is 48.9 Å². The molecule has 0 unspecified atom stereocenters. The van der Waals surface area contributed by atoms with E-state index in [1.54, 1.807) is 14.0 Å². The first kappa shape index (κ1) is 17.2. The molecule has 0 bridgehead atoms. The van der Waals surface area contributed by atoms with Gasteiger partial charge in [-0.15, -0.1) is 0 Å². The molecule has 130 valence electrons. The van der Waals surface area contributed by atoms with Crippen LogP contribution in [0.4, 0.5) is 5.00 Å². The Bertz CT molecular complexity index is 896. The van der Waals surface area contributed by atoms with Crippen LogP contribution in [0.1, 0.15) is 33.0 Å². The summed E-state index contributed by atoms with van der Waals surface area (Å²) in [4.78, 5) is 12.3.